The van der Waals surface area contributed by atoms with Crippen molar-refractivity contribution in [2.75, 3.05) is 10.6 Å². The molecule has 12 heteroatoms. The Morgan fingerprint density at radius 3 is 2.45 bits per heavy atom. The highest BCUT2D eigenvalue weighted by Gasteiger charge is 2.26. The van der Waals surface area contributed by atoms with E-state index in [4.69, 9.17) is 46.4 Å². The van der Waals surface area contributed by atoms with Crippen molar-refractivity contribution in [3.63, 3.8) is 0 Å². The Morgan fingerprint density at radius 1 is 1.00 bits per heavy atom. The highest BCUT2D eigenvalue weighted by molar-refractivity contribution is 6.36. The first-order chi connectivity index (χ1) is 19.1. The minimum atomic E-state index is -0.457. The van der Waals surface area contributed by atoms with Crippen LogP contribution in [-0.4, -0.2) is 21.0 Å². The third-order valence-corrected chi connectivity index (χ3v) is 7.64. The number of nitrogens with one attached hydrogen (secondary N) is 4. The van der Waals surface area contributed by atoms with Gasteiger partial charge in [-0.15, -0.1) is 5.53 Å². The van der Waals surface area contributed by atoms with Crippen LogP contribution in [0.4, 0.5) is 17.1 Å². The van der Waals surface area contributed by atoms with E-state index in [1.54, 1.807) is 12.1 Å². The molecule has 0 saturated heterocycles. The number of nitrogens with zero attached hydrogens (tertiary/aromatic N) is 4. The zero-order valence-corrected chi connectivity index (χ0v) is 24.7. The molecule has 0 unspecified atom stereocenters. The molecule has 2 aromatic carbocycles. The summed E-state index contributed by atoms with van der Waals surface area (Å²) in [5.74, 6) is 0. The van der Waals surface area contributed by atoms with Crippen molar-refractivity contribution in [1.82, 2.24) is 25.9 Å². The maximum absolute atomic E-state index is 9.89. The van der Waals surface area contributed by atoms with E-state index in [-0.39, 0.29) is 11.2 Å². The average Bonchev–Trinajstić information content (AvgIpc) is 3.41. The zero-order chi connectivity index (χ0) is 28.6. The van der Waals surface area contributed by atoms with Gasteiger partial charge in [0.15, 0.2) is 0 Å². The molecule has 0 spiro atoms. The standard InChI is InChI=1S/C28H24Cl4N8/c1-14(2)40-13-23(38-39-40)27(19-6-7-24(31)37-28(19)32)36-18-8-20-25(35-17-5-4-15(3)21(29)9-17)16(11-33)12-34-26(20)22(30)10-18/h4-10,12-14,27,36,38-39H,1-3H3,(H,34,35)/t27-/m0/s1. The van der Waals surface area contributed by atoms with Crippen LogP contribution in [0, 0.1) is 18.3 Å². The van der Waals surface area contributed by atoms with Gasteiger partial charge in [0.1, 0.15) is 16.4 Å². The maximum atomic E-state index is 9.89. The summed E-state index contributed by atoms with van der Waals surface area (Å²) in [6, 6.07) is 14.8. The molecule has 4 N–H and O–H groups in total. The second-order valence-electron chi connectivity index (χ2n) is 9.52. The van der Waals surface area contributed by atoms with Crippen LogP contribution in [0.15, 0.2) is 60.6 Å². The minimum Gasteiger partial charge on any atom is -0.373 e. The Bertz CT molecular complexity index is 1680. The SMILES string of the molecule is Cc1ccc(Nc2c(C#N)cnc3c(Cl)cc(N[C@H](C4=CN(C(C)C)NN4)c4ccc(Cl)nc4Cl)cc23)cc1Cl. The molecule has 0 saturated carbocycles. The van der Waals surface area contributed by atoms with Crippen molar-refractivity contribution >= 4 is 74.4 Å². The second kappa shape index (κ2) is 11.6. The first-order valence-corrected chi connectivity index (χ1v) is 13.8. The number of fused-ring (bicyclic) bond motifs is 1. The van der Waals surface area contributed by atoms with Gasteiger partial charge >= 0.3 is 0 Å². The van der Waals surface area contributed by atoms with Crippen LogP contribution in [0.2, 0.25) is 20.4 Å². The molecule has 204 valence electrons. The van der Waals surface area contributed by atoms with E-state index in [0.717, 1.165) is 16.9 Å². The van der Waals surface area contributed by atoms with Crippen molar-refractivity contribution in [2.24, 2.45) is 0 Å². The summed E-state index contributed by atoms with van der Waals surface area (Å²) in [4.78, 5) is 8.69. The van der Waals surface area contributed by atoms with Crippen LogP contribution >= 0.6 is 46.4 Å². The molecule has 0 aliphatic carbocycles. The van der Waals surface area contributed by atoms with Crippen molar-refractivity contribution in [3.8, 4) is 6.07 Å². The van der Waals surface area contributed by atoms with Crippen molar-refractivity contribution in [1.29, 1.82) is 5.26 Å². The Balaban J connectivity index is 1.61. The Kier molecular flexibility index (Phi) is 8.13. The number of aryl methyl sites for hydroxylation is 1. The quantitative estimate of drug-likeness (QED) is 0.156. The van der Waals surface area contributed by atoms with Gasteiger partial charge in [0.05, 0.1) is 33.5 Å². The summed E-state index contributed by atoms with van der Waals surface area (Å²) in [6.07, 6.45) is 3.46. The number of benzene rings is 2. The first-order valence-electron chi connectivity index (χ1n) is 12.3. The smallest absolute Gasteiger partial charge is 0.136 e. The van der Waals surface area contributed by atoms with Crippen LogP contribution in [0.25, 0.3) is 10.9 Å². The number of anilines is 3. The Morgan fingerprint density at radius 2 is 1.77 bits per heavy atom. The molecule has 8 nitrogen and oxygen atoms in total. The predicted octanol–water partition coefficient (Wildman–Crippen LogP) is 7.89. The van der Waals surface area contributed by atoms with Gasteiger partial charge in [-0.1, -0.05) is 58.5 Å². The number of halogens is 4. The van der Waals surface area contributed by atoms with Gasteiger partial charge in [-0.3, -0.25) is 9.99 Å². The molecule has 1 aliphatic heterocycles. The topological polar surface area (TPSA) is 101 Å². The van der Waals surface area contributed by atoms with E-state index >= 15 is 0 Å². The molecule has 2 aromatic heterocycles. The van der Waals surface area contributed by atoms with Gasteiger partial charge in [0.25, 0.3) is 0 Å². The predicted molar refractivity (Wildman–Crippen MR) is 163 cm³/mol. The van der Waals surface area contributed by atoms with Gasteiger partial charge in [0, 0.05) is 45.8 Å². The van der Waals surface area contributed by atoms with E-state index in [0.29, 0.717) is 48.6 Å². The molecule has 0 fully saturated rings. The molecule has 0 amide bonds. The zero-order valence-electron chi connectivity index (χ0n) is 21.7. The van der Waals surface area contributed by atoms with Crippen LogP contribution in [0.1, 0.15) is 36.6 Å². The van der Waals surface area contributed by atoms with E-state index in [1.807, 2.05) is 48.5 Å². The third kappa shape index (κ3) is 5.71. The van der Waals surface area contributed by atoms with Gasteiger partial charge in [-0.05, 0) is 56.7 Å². The Labute approximate surface area is 251 Å². The minimum absolute atomic E-state index is 0.193. The fourth-order valence-electron chi connectivity index (χ4n) is 4.27. The summed E-state index contributed by atoms with van der Waals surface area (Å²) in [5.41, 5.74) is 11.7. The number of nitriles is 1. The van der Waals surface area contributed by atoms with Crippen LogP contribution < -0.4 is 21.6 Å². The lowest BCUT2D eigenvalue weighted by atomic mass is 10.0. The molecule has 1 atom stereocenters. The summed E-state index contributed by atoms with van der Waals surface area (Å²) in [6.45, 7) is 6.05. The van der Waals surface area contributed by atoms with Gasteiger partial charge in [-0.25, -0.2) is 4.98 Å². The third-order valence-electron chi connectivity index (χ3n) is 6.43. The van der Waals surface area contributed by atoms with Crippen LogP contribution in [0.3, 0.4) is 0 Å². The normalized spacial score (nSPS) is 13.7. The number of hydrogen-bond donors (Lipinski definition) is 4. The summed E-state index contributed by atoms with van der Waals surface area (Å²) in [7, 11) is 0. The highest BCUT2D eigenvalue weighted by atomic mass is 35.5. The lowest BCUT2D eigenvalue weighted by Crippen LogP contribution is -2.41. The number of rotatable bonds is 7. The maximum Gasteiger partial charge on any atom is 0.136 e. The fraction of sp³-hybridized carbons (Fsp3) is 0.179. The van der Waals surface area contributed by atoms with Gasteiger partial charge in [0.2, 0.25) is 0 Å². The second-order valence-corrected chi connectivity index (χ2v) is 11.1. The van der Waals surface area contributed by atoms with E-state index in [1.165, 1.54) is 6.20 Å². The van der Waals surface area contributed by atoms with Crippen LogP contribution in [-0.2, 0) is 0 Å². The summed E-state index contributed by atoms with van der Waals surface area (Å²) < 4.78 is 0. The Hall–Kier alpha value is -3.45. The molecule has 40 heavy (non-hydrogen) atoms. The molecular formula is C28H24Cl4N8. The summed E-state index contributed by atoms with van der Waals surface area (Å²) in [5, 5.41) is 20.9. The molecule has 0 radical (unpaired) electrons. The highest BCUT2D eigenvalue weighted by Crippen LogP contribution is 2.38. The van der Waals surface area contributed by atoms with E-state index in [9.17, 15) is 5.26 Å². The lowest BCUT2D eigenvalue weighted by molar-refractivity contribution is 0.221. The molecule has 5 rings (SSSR count). The number of pyridine rings is 2. The molecule has 1 aliphatic rings. The van der Waals surface area contributed by atoms with Crippen molar-refractivity contribution in [3.05, 3.63) is 97.6 Å². The summed E-state index contributed by atoms with van der Waals surface area (Å²) >= 11 is 25.7. The monoisotopic (exact) mass is 612 g/mol. The molecular weight excluding hydrogens is 590 g/mol. The first kappa shape index (κ1) is 28.1. The van der Waals surface area contributed by atoms with Crippen LogP contribution in [0.5, 0.6) is 0 Å². The number of hydrogen-bond acceptors (Lipinski definition) is 8. The van der Waals surface area contributed by atoms with Crippen molar-refractivity contribution < 1.29 is 0 Å². The van der Waals surface area contributed by atoms with E-state index in [2.05, 4.69) is 51.5 Å². The molecule has 0 bridgehead atoms. The lowest BCUT2D eigenvalue weighted by Gasteiger charge is -2.23. The largest absolute Gasteiger partial charge is 0.373 e. The van der Waals surface area contributed by atoms with Crippen molar-refractivity contribution in [2.45, 2.75) is 32.9 Å². The fourth-order valence-corrected chi connectivity index (χ4v) is 5.18. The number of hydrazine groups is 2. The van der Waals surface area contributed by atoms with Gasteiger partial charge in [-0.2, -0.15) is 5.26 Å². The van der Waals surface area contributed by atoms with Gasteiger partial charge < -0.3 is 16.1 Å². The average molecular weight is 614 g/mol. The molecule has 3 heterocycles. The van der Waals surface area contributed by atoms with E-state index < -0.39 is 6.04 Å². The molecule has 4 aromatic rings. The number of aromatic nitrogens is 2.